The molecule has 0 aliphatic carbocycles. The normalized spacial score (nSPS) is 13.5. The summed E-state index contributed by atoms with van der Waals surface area (Å²) in [6, 6.07) is 3.94. The first-order valence-electron chi connectivity index (χ1n) is 5.56. The Morgan fingerprint density at radius 1 is 1.37 bits per heavy atom. The monoisotopic (exact) mass is 304 g/mol. The van der Waals surface area contributed by atoms with Crippen LogP contribution in [-0.2, 0) is 4.79 Å². The van der Waals surface area contributed by atoms with Crippen molar-refractivity contribution in [3.63, 3.8) is 0 Å². The molecule has 0 radical (unpaired) electrons. The molecule has 2 amide bonds. The topological polar surface area (TPSA) is 78.4 Å². The van der Waals surface area contributed by atoms with Gasteiger partial charge in [0.1, 0.15) is 5.54 Å². The van der Waals surface area contributed by atoms with Crippen LogP contribution in [0, 0.1) is 0 Å². The van der Waals surface area contributed by atoms with Gasteiger partial charge in [-0.25, -0.2) is 9.59 Å². The fourth-order valence-electron chi connectivity index (χ4n) is 1.29. The second-order valence-corrected chi connectivity index (χ2v) is 5.04. The van der Waals surface area contributed by atoms with Crippen LogP contribution >= 0.6 is 23.2 Å². The number of halogens is 2. The van der Waals surface area contributed by atoms with E-state index >= 15 is 0 Å². The van der Waals surface area contributed by atoms with E-state index < -0.39 is 17.5 Å². The third-order valence-electron chi connectivity index (χ3n) is 2.75. The van der Waals surface area contributed by atoms with Crippen LogP contribution in [0.3, 0.4) is 0 Å². The molecule has 0 saturated heterocycles. The van der Waals surface area contributed by atoms with Crippen LogP contribution in [0.2, 0.25) is 10.0 Å². The zero-order valence-corrected chi connectivity index (χ0v) is 12.0. The molecule has 0 bridgehead atoms. The molecule has 104 valence electrons. The highest BCUT2D eigenvalue weighted by atomic mass is 35.5. The van der Waals surface area contributed by atoms with Crippen LogP contribution in [0.5, 0.6) is 0 Å². The van der Waals surface area contributed by atoms with E-state index in [1.807, 2.05) is 0 Å². The van der Waals surface area contributed by atoms with Crippen molar-refractivity contribution in [3.05, 3.63) is 28.2 Å². The molecule has 19 heavy (non-hydrogen) atoms. The Bertz CT molecular complexity index is 508. The Morgan fingerprint density at radius 3 is 2.53 bits per heavy atom. The standard InChI is InChI=1S/C12H14Cl2N2O3/c1-3-12(2,10(17)18)16-11(19)15-9-6-7(13)4-5-8(9)14/h4-6H,3H2,1-2H3,(H,17,18)(H2,15,16,19). The van der Waals surface area contributed by atoms with Gasteiger partial charge in [-0.2, -0.15) is 0 Å². The second-order valence-electron chi connectivity index (χ2n) is 4.19. The van der Waals surface area contributed by atoms with Gasteiger partial charge < -0.3 is 15.7 Å². The fraction of sp³-hybridized carbons (Fsp3) is 0.333. The van der Waals surface area contributed by atoms with Crippen molar-refractivity contribution in [3.8, 4) is 0 Å². The molecule has 0 heterocycles. The van der Waals surface area contributed by atoms with Crippen LogP contribution in [0.4, 0.5) is 10.5 Å². The number of hydrogen-bond acceptors (Lipinski definition) is 2. The highest BCUT2D eigenvalue weighted by molar-refractivity contribution is 6.35. The van der Waals surface area contributed by atoms with E-state index in [-0.39, 0.29) is 6.42 Å². The number of carbonyl (C=O) groups is 2. The Labute approximate surface area is 120 Å². The van der Waals surface area contributed by atoms with Gasteiger partial charge in [-0.1, -0.05) is 30.1 Å². The van der Waals surface area contributed by atoms with Gasteiger partial charge in [0.2, 0.25) is 0 Å². The van der Waals surface area contributed by atoms with Crippen molar-refractivity contribution in [2.24, 2.45) is 0 Å². The highest BCUT2D eigenvalue weighted by Gasteiger charge is 2.32. The maximum Gasteiger partial charge on any atom is 0.329 e. The molecule has 0 saturated carbocycles. The lowest BCUT2D eigenvalue weighted by molar-refractivity contribution is -0.143. The van der Waals surface area contributed by atoms with Crippen LogP contribution in [0.15, 0.2) is 18.2 Å². The first-order chi connectivity index (χ1) is 8.78. The molecule has 1 atom stereocenters. The van der Waals surface area contributed by atoms with Crippen molar-refractivity contribution in [1.82, 2.24) is 5.32 Å². The van der Waals surface area contributed by atoms with Crippen molar-refractivity contribution in [1.29, 1.82) is 0 Å². The first-order valence-corrected chi connectivity index (χ1v) is 6.31. The summed E-state index contributed by atoms with van der Waals surface area (Å²) < 4.78 is 0. The summed E-state index contributed by atoms with van der Waals surface area (Å²) in [5.74, 6) is -1.11. The average Bonchev–Trinajstić information content (AvgIpc) is 2.33. The minimum absolute atomic E-state index is 0.249. The van der Waals surface area contributed by atoms with Gasteiger partial charge in [0.05, 0.1) is 10.7 Å². The summed E-state index contributed by atoms with van der Waals surface area (Å²) >= 11 is 11.7. The number of carboxylic acid groups (broad SMARTS) is 1. The number of nitrogens with one attached hydrogen (secondary N) is 2. The lowest BCUT2D eigenvalue weighted by Crippen LogP contribution is -2.53. The minimum atomic E-state index is -1.34. The van der Waals surface area contributed by atoms with Crippen LogP contribution in [-0.4, -0.2) is 22.6 Å². The van der Waals surface area contributed by atoms with Gasteiger partial charge in [-0.05, 0) is 31.5 Å². The molecule has 3 N–H and O–H groups in total. The van der Waals surface area contributed by atoms with E-state index in [4.69, 9.17) is 28.3 Å². The van der Waals surface area contributed by atoms with Crippen LogP contribution < -0.4 is 10.6 Å². The predicted octanol–water partition coefficient (Wildman–Crippen LogP) is 3.37. The van der Waals surface area contributed by atoms with Gasteiger partial charge >= 0.3 is 12.0 Å². The Morgan fingerprint density at radius 2 is 2.00 bits per heavy atom. The highest BCUT2D eigenvalue weighted by Crippen LogP contribution is 2.25. The zero-order chi connectivity index (χ0) is 14.6. The molecule has 5 nitrogen and oxygen atoms in total. The third-order valence-corrected chi connectivity index (χ3v) is 3.31. The van der Waals surface area contributed by atoms with E-state index in [0.717, 1.165) is 0 Å². The third kappa shape index (κ3) is 4.01. The first kappa shape index (κ1) is 15.6. The molecular weight excluding hydrogens is 291 g/mol. The minimum Gasteiger partial charge on any atom is -0.480 e. The van der Waals surface area contributed by atoms with E-state index in [0.29, 0.717) is 15.7 Å². The number of benzene rings is 1. The van der Waals surface area contributed by atoms with E-state index in [1.165, 1.54) is 19.1 Å². The maximum absolute atomic E-state index is 11.8. The predicted molar refractivity (Wildman–Crippen MR) is 74.9 cm³/mol. The molecule has 0 aromatic heterocycles. The van der Waals surface area contributed by atoms with Crippen molar-refractivity contribution in [2.75, 3.05) is 5.32 Å². The van der Waals surface area contributed by atoms with Gasteiger partial charge in [0, 0.05) is 5.02 Å². The zero-order valence-electron chi connectivity index (χ0n) is 10.5. The van der Waals surface area contributed by atoms with Gasteiger partial charge in [0.15, 0.2) is 0 Å². The molecule has 1 aromatic rings. The smallest absolute Gasteiger partial charge is 0.329 e. The quantitative estimate of drug-likeness (QED) is 0.798. The molecule has 0 aliphatic heterocycles. The number of carboxylic acids is 1. The van der Waals surface area contributed by atoms with Crippen molar-refractivity contribution >= 4 is 40.9 Å². The average molecular weight is 305 g/mol. The molecule has 7 heteroatoms. The van der Waals surface area contributed by atoms with E-state index in [2.05, 4.69) is 10.6 Å². The van der Waals surface area contributed by atoms with E-state index in [9.17, 15) is 9.59 Å². The molecule has 1 unspecified atom stereocenters. The SMILES string of the molecule is CCC(C)(NC(=O)Nc1cc(Cl)ccc1Cl)C(=O)O. The number of aliphatic carboxylic acids is 1. The van der Waals surface area contributed by atoms with Crippen molar-refractivity contribution in [2.45, 2.75) is 25.8 Å². The Balaban J connectivity index is 2.80. The summed E-state index contributed by atoms with van der Waals surface area (Å²) in [5.41, 5.74) is -1.02. The summed E-state index contributed by atoms with van der Waals surface area (Å²) in [5, 5.41) is 14.6. The Hall–Kier alpha value is -1.46. The van der Waals surface area contributed by atoms with Gasteiger partial charge in [-0.15, -0.1) is 0 Å². The van der Waals surface area contributed by atoms with E-state index in [1.54, 1.807) is 13.0 Å². The van der Waals surface area contributed by atoms with Gasteiger partial charge in [-0.3, -0.25) is 0 Å². The van der Waals surface area contributed by atoms with Gasteiger partial charge in [0.25, 0.3) is 0 Å². The maximum atomic E-state index is 11.8. The number of urea groups is 1. The fourth-order valence-corrected chi connectivity index (χ4v) is 1.63. The van der Waals surface area contributed by atoms with Crippen LogP contribution in [0.1, 0.15) is 20.3 Å². The summed E-state index contributed by atoms with van der Waals surface area (Å²) in [4.78, 5) is 22.8. The number of hydrogen-bond donors (Lipinski definition) is 3. The summed E-state index contributed by atoms with van der Waals surface area (Å²) in [6.07, 6.45) is 0.249. The summed E-state index contributed by atoms with van der Waals surface area (Å²) in [7, 11) is 0. The number of rotatable bonds is 4. The Kier molecular flexibility index (Phi) is 5.03. The summed E-state index contributed by atoms with van der Waals surface area (Å²) in [6.45, 7) is 3.09. The molecular formula is C12H14Cl2N2O3. The second kappa shape index (κ2) is 6.12. The van der Waals surface area contributed by atoms with Crippen LogP contribution in [0.25, 0.3) is 0 Å². The number of amides is 2. The molecule has 0 spiro atoms. The molecule has 1 aromatic carbocycles. The number of anilines is 1. The largest absolute Gasteiger partial charge is 0.480 e. The molecule has 0 aliphatic rings. The molecule has 1 rings (SSSR count). The number of carbonyl (C=O) groups excluding carboxylic acids is 1. The lowest BCUT2D eigenvalue weighted by atomic mass is 10.00. The van der Waals surface area contributed by atoms with Crippen molar-refractivity contribution < 1.29 is 14.7 Å². The lowest BCUT2D eigenvalue weighted by Gasteiger charge is -2.24. The molecule has 0 fully saturated rings.